The van der Waals surface area contributed by atoms with E-state index in [1.165, 1.54) is 12.8 Å². The lowest BCUT2D eigenvalue weighted by atomic mass is 10.1. The molecule has 0 aromatic carbocycles. The van der Waals surface area contributed by atoms with E-state index >= 15 is 0 Å². The number of rotatable bonds is 6. The molecular formula is C12H24N2O2. The summed E-state index contributed by atoms with van der Waals surface area (Å²) < 4.78 is 0. The predicted molar refractivity (Wildman–Crippen MR) is 64.3 cm³/mol. The first-order valence-electron chi connectivity index (χ1n) is 6.37. The van der Waals surface area contributed by atoms with Crippen molar-refractivity contribution in [2.24, 2.45) is 5.92 Å². The summed E-state index contributed by atoms with van der Waals surface area (Å²) in [5.41, 5.74) is 0. The standard InChI is InChI=1S/C12H24N2O2/c1-10(9-15)5-4-8-13-12(16)14-11-6-2-3-7-11/h10-11,15H,2-9H2,1H3,(H2,13,14,16). The normalized spacial score (nSPS) is 18.4. The molecule has 16 heavy (non-hydrogen) atoms. The minimum atomic E-state index is -0.0384. The highest BCUT2D eigenvalue weighted by Crippen LogP contribution is 2.17. The van der Waals surface area contributed by atoms with E-state index in [1.807, 2.05) is 6.92 Å². The molecule has 0 bridgehead atoms. The van der Waals surface area contributed by atoms with Gasteiger partial charge in [0.05, 0.1) is 0 Å². The van der Waals surface area contributed by atoms with Crippen LogP contribution in [0.4, 0.5) is 4.79 Å². The summed E-state index contributed by atoms with van der Waals surface area (Å²) in [6.45, 7) is 2.94. The first-order valence-corrected chi connectivity index (χ1v) is 6.37. The van der Waals surface area contributed by atoms with Crippen LogP contribution in [-0.2, 0) is 0 Å². The number of urea groups is 1. The second-order valence-electron chi connectivity index (χ2n) is 4.81. The zero-order valence-electron chi connectivity index (χ0n) is 10.2. The molecule has 1 unspecified atom stereocenters. The van der Waals surface area contributed by atoms with Crippen LogP contribution in [0.25, 0.3) is 0 Å². The Hall–Kier alpha value is -0.770. The van der Waals surface area contributed by atoms with Crippen LogP contribution in [0.2, 0.25) is 0 Å². The number of aliphatic hydroxyl groups excluding tert-OH is 1. The summed E-state index contributed by atoms with van der Waals surface area (Å²) in [5.74, 6) is 0.333. The van der Waals surface area contributed by atoms with Crippen LogP contribution in [-0.4, -0.2) is 30.3 Å². The molecule has 4 heteroatoms. The lowest BCUT2D eigenvalue weighted by Crippen LogP contribution is -2.41. The summed E-state index contributed by atoms with van der Waals surface area (Å²) >= 11 is 0. The third-order valence-electron chi connectivity index (χ3n) is 3.16. The molecular weight excluding hydrogens is 204 g/mol. The summed E-state index contributed by atoms with van der Waals surface area (Å²) in [4.78, 5) is 11.4. The molecule has 1 atom stereocenters. The van der Waals surface area contributed by atoms with E-state index in [0.29, 0.717) is 18.5 Å². The first kappa shape index (κ1) is 13.3. The lowest BCUT2D eigenvalue weighted by Gasteiger charge is -2.13. The van der Waals surface area contributed by atoms with E-state index in [2.05, 4.69) is 10.6 Å². The zero-order chi connectivity index (χ0) is 11.8. The van der Waals surface area contributed by atoms with Gasteiger partial charge in [-0.3, -0.25) is 0 Å². The van der Waals surface area contributed by atoms with Crippen LogP contribution in [0.1, 0.15) is 45.4 Å². The number of aliphatic hydroxyl groups is 1. The van der Waals surface area contributed by atoms with Gasteiger partial charge >= 0.3 is 6.03 Å². The van der Waals surface area contributed by atoms with Crippen molar-refractivity contribution in [3.05, 3.63) is 0 Å². The fraction of sp³-hybridized carbons (Fsp3) is 0.917. The molecule has 1 aliphatic rings. The van der Waals surface area contributed by atoms with Crippen LogP contribution < -0.4 is 10.6 Å². The lowest BCUT2D eigenvalue weighted by molar-refractivity contribution is 0.225. The van der Waals surface area contributed by atoms with E-state index in [9.17, 15) is 4.79 Å². The van der Waals surface area contributed by atoms with E-state index in [-0.39, 0.29) is 12.6 Å². The Kier molecular flexibility index (Phi) is 6.23. The second kappa shape index (κ2) is 7.49. The number of amides is 2. The molecule has 1 fully saturated rings. The molecule has 3 N–H and O–H groups in total. The Morgan fingerprint density at radius 1 is 1.44 bits per heavy atom. The van der Waals surface area contributed by atoms with Gasteiger partial charge in [0.15, 0.2) is 0 Å². The van der Waals surface area contributed by atoms with Crippen molar-refractivity contribution >= 4 is 6.03 Å². The maximum absolute atomic E-state index is 11.4. The predicted octanol–water partition coefficient (Wildman–Crippen LogP) is 1.64. The van der Waals surface area contributed by atoms with Crippen LogP contribution in [0.5, 0.6) is 0 Å². The van der Waals surface area contributed by atoms with E-state index < -0.39 is 0 Å². The van der Waals surface area contributed by atoms with Crippen molar-refractivity contribution in [3.8, 4) is 0 Å². The Bertz CT molecular complexity index is 203. The number of carbonyl (C=O) groups is 1. The fourth-order valence-electron chi connectivity index (χ4n) is 2.05. The SMILES string of the molecule is CC(CO)CCCNC(=O)NC1CCCC1. The third-order valence-corrected chi connectivity index (χ3v) is 3.16. The van der Waals surface area contributed by atoms with Gasteiger partial charge < -0.3 is 15.7 Å². The highest BCUT2D eigenvalue weighted by molar-refractivity contribution is 5.74. The molecule has 0 heterocycles. The van der Waals surface area contributed by atoms with Gasteiger partial charge in [0.2, 0.25) is 0 Å². The molecule has 1 rings (SSSR count). The number of carbonyl (C=O) groups excluding carboxylic acids is 1. The van der Waals surface area contributed by atoms with Crippen molar-refractivity contribution in [2.45, 2.75) is 51.5 Å². The van der Waals surface area contributed by atoms with Gasteiger partial charge in [-0.15, -0.1) is 0 Å². The Labute approximate surface area is 97.8 Å². The number of hydrogen-bond acceptors (Lipinski definition) is 2. The molecule has 4 nitrogen and oxygen atoms in total. The highest BCUT2D eigenvalue weighted by atomic mass is 16.3. The van der Waals surface area contributed by atoms with Crippen LogP contribution >= 0.6 is 0 Å². The quantitative estimate of drug-likeness (QED) is 0.605. The van der Waals surface area contributed by atoms with Crippen LogP contribution in [0.15, 0.2) is 0 Å². The molecule has 0 aromatic heterocycles. The Morgan fingerprint density at radius 2 is 2.12 bits per heavy atom. The molecule has 1 aliphatic carbocycles. The van der Waals surface area contributed by atoms with Gasteiger partial charge in [-0.2, -0.15) is 0 Å². The molecule has 0 saturated heterocycles. The molecule has 94 valence electrons. The van der Waals surface area contributed by atoms with E-state index in [0.717, 1.165) is 25.7 Å². The second-order valence-corrected chi connectivity index (χ2v) is 4.81. The van der Waals surface area contributed by atoms with Gasteiger partial charge in [0.1, 0.15) is 0 Å². The van der Waals surface area contributed by atoms with E-state index in [4.69, 9.17) is 5.11 Å². The Balaban J connectivity index is 1.97. The zero-order valence-corrected chi connectivity index (χ0v) is 10.2. The first-order chi connectivity index (χ1) is 7.72. The monoisotopic (exact) mass is 228 g/mol. The third kappa shape index (κ3) is 5.35. The highest BCUT2D eigenvalue weighted by Gasteiger charge is 2.16. The van der Waals surface area contributed by atoms with Gasteiger partial charge in [0, 0.05) is 19.2 Å². The molecule has 0 spiro atoms. The number of nitrogens with one attached hydrogen (secondary N) is 2. The Morgan fingerprint density at radius 3 is 2.75 bits per heavy atom. The summed E-state index contributed by atoms with van der Waals surface area (Å²) in [5, 5.41) is 14.7. The van der Waals surface area contributed by atoms with Crippen molar-refractivity contribution in [1.82, 2.24) is 10.6 Å². The van der Waals surface area contributed by atoms with Crippen molar-refractivity contribution in [3.63, 3.8) is 0 Å². The topological polar surface area (TPSA) is 61.4 Å². The maximum atomic E-state index is 11.4. The molecule has 0 aliphatic heterocycles. The fourth-order valence-corrected chi connectivity index (χ4v) is 2.05. The van der Waals surface area contributed by atoms with Gasteiger partial charge in [-0.05, 0) is 31.6 Å². The van der Waals surface area contributed by atoms with E-state index in [1.54, 1.807) is 0 Å². The largest absolute Gasteiger partial charge is 0.396 e. The molecule has 0 radical (unpaired) electrons. The minimum absolute atomic E-state index is 0.0384. The molecule has 1 saturated carbocycles. The van der Waals surface area contributed by atoms with Crippen LogP contribution in [0, 0.1) is 5.92 Å². The van der Waals surface area contributed by atoms with Crippen molar-refractivity contribution in [1.29, 1.82) is 0 Å². The molecule has 2 amide bonds. The average molecular weight is 228 g/mol. The van der Waals surface area contributed by atoms with Crippen molar-refractivity contribution in [2.75, 3.05) is 13.2 Å². The summed E-state index contributed by atoms with van der Waals surface area (Å²) in [6, 6.07) is 0.347. The summed E-state index contributed by atoms with van der Waals surface area (Å²) in [6.07, 6.45) is 6.60. The van der Waals surface area contributed by atoms with Gasteiger partial charge in [-0.25, -0.2) is 4.79 Å². The smallest absolute Gasteiger partial charge is 0.315 e. The van der Waals surface area contributed by atoms with Crippen LogP contribution in [0.3, 0.4) is 0 Å². The van der Waals surface area contributed by atoms with Crippen molar-refractivity contribution < 1.29 is 9.90 Å². The average Bonchev–Trinajstić information content (AvgIpc) is 2.76. The summed E-state index contributed by atoms with van der Waals surface area (Å²) in [7, 11) is 0. The van der Waals surface area contributed by atoms with Gasteiger partial charge in [-0.1, -0.05) is 19.8 Å². The maximum Gasteiger partial charge on any atom is 0.315 e. The molecule has 0 aromatic rings. The minimum Gasteiger partial charge on any atom is -0.396 e. The number of hydrogen-bond donors (Lipinski definition) is 3. The van der Waals surface area contributed by atoms with Gasteiger partial charge in [0.25, 0.3) is 0 Å².